The summed E-state index contributed by atoms with van der Waals surface area (Å²) in [6, 6.07) is 8.05. The smallest absolute Gasteiger partial charge is 0.383 e. The van der Waals surface area contributed by atoms with Gasteiger partial charge >= 0.3 is 6.18 Å². The lowest BCUT2D eigenvalue weighted by molar-refractivity contribution is -0.137. The molecule has 0 saturated carbocycles. The molecule has 1 saturated heterocycles. The number of piperidine rings is 1. The number of rotatable bonds is 12. The molecular formula is C41H40F5N3O3S. The highest BCUT2D eigenvalue weighted by Crippen LogP contribution is 2.32. The summed E-state index contributed by atoms with van der Waals surface area (Å²) in [6.45, 7) is -10.2. The Morgan fingerprint density at radius 3 is 2.40 bits per heavy atom. The van der Waals surface area contributed by atoms with Gasteiger partial charge in [-0.05, 0) is 66.7 Å². The SMILES string of the molecule is [2H]c1c(C)c([2H])c2c(=O)c([2H])c(SC([2H])([2H])c3cccc(F)c3F)n(C([2H])([2H])C(=O)N(Cc3ccc(-c4ccc(C(F)(F)F)cc4)cc3)C3CCN(C([2H])([2H])C([2H])([2H])OC([2H])([2H])[2H])CC3)c2c1[2H]. The molecule has 0 aliphatic carbocycles. The zero-order valence-corrected chi connectivity index (χ0v) is 28.6. The van der Waals surface area contributed by atoms with Gasteiger partial charge in [0.15, 0.2) is 17.1 Å². The lowest BCUT2D eigenvalue weighted by atomic mass is 10.00. The second-order valence-electron chi connectivity index (χ2n) is 12.0. The molecule has 4 aromatic carbocycles. The van der Waals surface area contributed by atoms with Gasteiger partial charge in [0.1, 0.15) is 6.50 Å². The van der Waals surface area contributed by atoms with Crippen molar-refractivity contribution in [3.63, 3.8) is 0 Å². The number of methoxy groups -OCH3 is 1. The number of carbonyl (C=O) groups is 1. The van der Waals surface area contributed by atoms with E-state index < -0.39 is 125 Å². The number of fused-ring (bicyclic) bond motifs is 1. The Balaban J connectivity index is 1.50. The summed E-state index contributed by atoms with van der Waals surface area (Å²) < 4.78 is 201. The molecule has 6 nitrogen and oxygen atoms in total. The van der Waals surface area contributed by atoms with Crippen LogP contribution < -0.4 is 5.43 Å². The molecule has 0 spiro atoms. The molecule has 1 fully saturated rings. The van der Waals surface area contributed by atoms with Crippen LogP contribution in [0.2, 0.25) is 0 Å². The van der Waals surface area contributed by atoms with E-state index in [9.17, 15) is 25.1 Å². The zero-order valence-electron chi connectivity index (χ0n) is 42.8. The van der Waals surface area contributed by atoms with E-state index >= 15 is 9.18 Å². The highest BCUT2D eigenvalue weighted by Gasteiger charge is 2.31. The second kappa shape index (κ2) is 16.7. The number of thioether (sulfide) groups is 1. The van der Waals surface area contributed by atoms with Crippen LogP contribution in [0.4, 0.5) is 22.0 Å². The van der Waals surface area contributed by atoms with Crippen LogP contribution in [0.3, 0.4) is 0 Å². The quantitative estimate of drug-likeness (QED) is 0.0941. The van der Waals surface area contributed by atoms with Crippen molar-refractivity contribution in [1.29, 1.82) is 0 Å². The third kappa shape index (κ3) is 9.17. The molecule has 6 rings (SSSR count). The highest BCUT2D eigenvalue weighted by molar-refractivity contribution is 7.98. The standard InChI is InChI=1S/C41H40F5N3O3S/c1-27-6-15-36-34(22-27)37(50)23-39(53-26-31-4-3-5-35(42)40(31)43)49(36)25-38(51)48(33-16-18-47(19-17-33)20-21-52-2)24-28-7-9-29(10-8-28)30-11-13-32(14-12-30)41(44,45)46/h3-15,22-23,33H,16-21,24-26H2,1-2H3/i2D3,6D,15D,20D2,21D2,22D,23D,25D2,26D2. The third-order valence-corrected chi connectivity index (χ3v) is 9.28. The van der Waals surface area contributed by atoms with Gasteiger partial charge in [0.2, 0.25) is 5.91 Å². The van der Waals surface area contributed by atoms with E-state index in [1.54, 1.807) is 0 Å². The molecule has 1 aliphatic rings. The first kappa shape index (κ1) is 23.3. The van der Waals surface area contributed by atoms with Gasteiger partial charge in [0, 0.05) is 67.4 Å². The van der Waals surface area contributed by atoms with Crippen LogP contribution in [0.25, 0.3) is 22.0 Å². The molecule has 12 heteroatoms. The number of likely N-dealkylation sites (tertiary alicyclic amines) is 1. The minimum absolute atomic E-state index is 0.178. The Morgan fingerprint density at radius 2 is 1.72 bits per heavy atom. The Bertz CT molecular complexity index is 2800. The number of hydrogen-bond donors (Lipinski definition) is 0. The lowest BCUT2D eigenvalue weighted by Gasteiger charge is -2.39. The number of benzene rings is 4. The summed E-state index contributed by atoms with van der Waals surface area (Å²) in [5.41, 5.74) is -6.36. The van der Waals surface area contributed by atoms with Gasteiger partial charge in [-0.15, -0.1) is 11.8 Å². The van der Waals surface area contributed by atoms with Crippen molar-refractivity contribution in [3.8, 4) is 11.1 Å². The van der Waals surface area contributed by atoms with E-state index in [0.29, 0.717) is 21.8 Å². The lowest BCUT2D eigenvalue weighted by Crippen LogP contribution is -2.48. The Hall–Kier alpha value is -4.52. The van der Waals surface area contributed by atoms with Crippen LogP contribution >= 0.6 is 11.8 Å². The predicted molar refractivity (Wildman–Crippen MR) is 198 cm³/mol. The van der Waals surface area contributed by atoms with Crippen LogP contribution in [-0.4, -0.2) is 59.5 Å². The number of nitrogens with zero attached hydrogens (tertiary/aromatic N) is 3. The van der Waals surface area contributed by atoms with Crippen molar-refractivity contribution < 1.29 is 52.0 Å². The number of ether oxygens (including phenoxy) is 1. The van der Waals surface area contributed by atoms with Gasteiger partial charge in [-0.25, -0.2) is 8.78 Å². The van der Waals surface area contributed by atoms with E-state index in [1.807, 2.05) is 0 Å². The minimum Gasteiger partial charge on any atom is -0.383 e. The molecule has 278 valence electrons. The van der Waals surface area contributed by atoms with Gasteiger partial charge in [-0.2, -0.15) is 13.2 Å². The van der Waals surface area contributed by atoms with Crippen LogP contribution in [-0.2, 0) is 34.5 Å². The van der Waals surface area contributed by atoms with Gasteiger partial charge in [-0.1, -0.05) is 60.1 Å². The van der Waals surface area contributed by atoms with Crippen LogP contribution in [0, 0.1) is 18.6 Å². The molecule has 0 atom stereocenters. The van der Waals surface area contributed by atoms with Crippen molar-refractivity contribution in [2.24, 2.45) is 0 Å². The largest absolute Gasteiger partial charge is 0.416 e. The summed E-state index contributed by atoms with van der Waals surface area (Å²) in [6.07, 6.45) is -5.09. The first-order chi connectivity index (χ1) is 31.2. The molecule has 1 aromatic heterocycles. The molecular weight excluding hydrogens is 710 g/mol. The maximum atomic E-state index is 15.2. The van der Waals surface area contributed by atoms with Crippen molar-refractivity contribution >= 4 is 28.6 Å². The van der Waals surface area contributed by atoms with Crippen molar-refractivity contribution in [3.05, 3.63) is 135 Å². The molecule has 0 unspecified atom stereocenters. The molecule has 53 heavy (non-hydrogen) atoms. The number of carbonyl (C=O) groups excluding carboxylic acids is 1. The molecule has 1 aliphatic heterocycles. The number of pyridine rings is 1. The van der Waals surface area contributed by atoms with Gasteiger partial charge < -0.3 is 19.1 Å². The summed E-state index contributed by atoms with van der Waals surface area (Å²) in [5, 5.41) is -1.81. The monoisotopic (exact) mass is 764 g/mol. The van der Waals surface area contributed by atoms with Gasteiger partial charge in [0.25, 0.3) is 0 Å². The number of halogens is 5. The Labute approximate surface area is 330 Å². The first-order valence-corrected chi connectivity index (χ1v) is 16.9. The topological polar surface area (TPSA) is 54.8 Å². The van der Waals surface area contributed by atoms with Gasteiger partial charge in [-0.3, -0.25) is 9.59 Å². The van der Waals surface area contributed by atoms with E-state index in [1.165, 1.54) is 43.3 Å². The maximum Gasteiger partial charge on any atom is 0.416 e. The third-order valence-electron chi connectivity index (χ3n) is 8.48. The van der Waals surface area contributed by atoms with Gasteiger partial charge in [0.05, 0.1) is 37.7 Å². The summed E-state index contributed by atoms with van der Waals surface area (Å²) in [5.74, 6) is -4.66. The van der Waals surface area contributed by atoms with E-state index in [-0.39, 0.29) is 48.8 Å². The fourth-order valence-corrected chi connectivity index (χ4v) is 6.50. The van der Waals surface area contributed by atoms with Crippen LogP contribution in [0.1, 0.15) is 55.7 Å². The second-order valence-corrected chi connectivity index (χ2v) is 12.8. The van der Waals surface area contributed by atoms with Crippen molar-refractivity contribution in [1.82, 2.24) is 14.4 Å². The molecule has 0 N–H and O–H groups in total. The average molecular weight is 765 g/mol. The number of aromatic nitrogens is 1. The molecule has 5 aromatic rings. The fourth-order valence-electron chi connectivity index (χ4n) is 5.76. The fraction of sp³-hybridized carbons (Fsp3) is 0.317. The minimum atomic E-state index is -4.60. The predicted octanol–water partition coefficient (Wildman–Crippen LogP) is 8.71. The number of hydrogen-bond acceptors (Lipinski definition) is 5. The molecule has 0 bridgehead atoms. The zero-order chi connectivity index (χ0) is 50.9. The van der Waals surface area contributed by atoms with E-state index in [4.69, 9.17) is 17.8 Å². The number of amides is 1. The molecule has 2 heterocycles. The van der Waals surface area contributed by atoms with E-state index in [0.717, 1.165) is 34.1 Å². The van der Waals surface area contributed by atoms with E-state index in [2.05, 4.69) is 4.74 Å². The first-order valence-electron chi connectivity index (χ1n) is 23.6. The molecule has 1 amide bonds. The van der Waals surface area contributed by atoms with Crippen molar-refractivity contribution in [2.75, 3.05) is 33.2 Å². The summed E-state index contributed by atoms with van der Waals surface area (Å²) in [7, 11) is -3.35. The molecule has 0 radical (unpaired) electrons. The Kier molecular flexibility index (Phi) is 7.32. The average Bonchev–Trinajstić information content (AvgIpc) is 3.25. The maximum absolute atomic E-state index is 15.2. The number of alkyl halides is 3. The highest BCUT2D eigenvalue weighted by atomic mass is 32.2. The van der Waals surface area contributed by atoms with Crippen LogP contribution in [0.15, 0.2) is 101 Å². The Morgan fingerprint density at radius 1 is 1.02 bits per heavy atom. The summed E-state index contributed by atoms with van der Waals surface area (Å²) >= 11 is -0.178. The summed E-state index contributed by atoms with van der Waals surface area (Å²) in [4.78, 5) is 31.1. The van der Waals surface area contributed by atoms with Crippen LogP contribution in [0.5, 0.6) is 0 Å². The van der Waals surface area contributed by atoms with Crippen molar-refractivity contribution in [2.45, 2.75) is 55.8 Å². The normalized spacial score (nSPS) is 19.6.